The summed E-state index contributed by atoms with van der Waals surface area (Å²) in [5.74, 6) is -0.442. The number of amides is 1. The van der Waals surface area contributed by atoms with Crippen molar-refractivity contribution >= 4 is 47.5 Å². The van der Waals surface area contributed by atoms with Gasteiger partial charge < -0.3 is 34.2 Å². The van der Waals surface area contributed by atoms with Crippen LogP contribution in [0.1, 0.15) is 42.6 Å². The minimum atomic E-state index is -1.56. The molecular weight excluding hydrogens is 583 g/mol. The second-order valence-corrected chi connectivity index (χ2v) is 11.7. The van der Waals surface area contributed by atoms with Crippen LogP contribution in [0.5, 0.6) is 17.2 Å². The normalized spacial score (nSPS) is 16.9. The number of β-amino-alcohol motifs (C(OH)–C–C–N with tert-alkyl or cyclic N) is 1. The van der Waals surface area contributed by atoms with Crippen LogP contribution in [-0.2, 0) is 11.2 Å². The van der Waals surface area contributed by atoms with E-state index in [1.807, 2.05) is 18.2 Å². The highest BCUT2D eigenvalue weighted by atomic mass is 35.5. The Balaban J connectivity index is 0.00000441. The molecular formula is C28H35Cl3N2O7. The minimum Gasteiger partial charge on any atom is -0.490 e. The van der Waals surface area contributed by atoms with Gasteiger partial charge >= 0.3 is 5.97 Å². The van der Waals surface area contributed by atoms with Gasteiger partial charge in [0.1, 0.15) is 35.6 Å². The highest BCUT2D eigenvalue weighted by Gasteiger charge is 2.42. The van der Waals surface area contributed by atoms with Crippen LogP contribution in [0.3, 0.4) is 0 Å². The van der Waals surface area contributed by atoms with Crippen LogP contribution in [0, 0.1) is 0 Å². The van der Waals surface area contributed by atoms with Crippen molar-refractivity contribution in [3.05, 3.63) is 51.5 Å². The maximum absolute atomic E-state index is 12.8. The van der Waals surface area contributed by atoms with Crippen LogP contribution < -0.4 is 14.2 Å². The average Bonchev–Trinajstić information content (AvgIpc) is 3.21. The summed E-state index contributed by atoms with van der Waals surface area (Å²) in [5, 5.41) is 21.0. The molecule has 9 nitrogen and oxygen atoms in total. The molecule has 2 aliphatic heterocycles. The molecule has 0 aromatic heterocycles. The number of fused-ring (bicyclic) bond motifs is 1. The first-order valence-corrected chi connectivity index (χ1v) is 13.5. The van der Waals surface area contributed by atoms with E-state index in [-0.39, 0.29) is 52.6 Å². The van der Waals surface area contributed by atoms with Gasteiger partial charge in [-0.2, -0.15) is 0 Å². The van der Waals surface area contributed by atoms with Crippen molar-refractivity contribution in [3.8, 4) is 17.2 Å². The number of piperidine rings is 1. The number of halogens is 3. The molecule has 1 amide bonds. The van der Waals surface area contributed by atoms with Crippen LogP contribution >= 0.6 is 35.6 Å². The fourth-order valence-electron chi connectivity index (χ4n) is 4.82. The molecule has 0 aliphatic carbocycles. The number of likely N-dealkylation sites (tertiary alicyclic amines) is 1. The summed E-state index contributed by atoms with van der Waals surface area (Å²) >= 11 is 12.5. The molecule has 1 atom stereocenters. The van der Waals surface area contributed by atoms with E-state index in [9.17, 15) is 19.8 Å². The molecule has 2 N–H and O–H groups in total. The molecule has 0 radical (unpaired) electrons. The number of aliphatic hydroxyl groups excluding tert-OH is 1. The minimum absolute atomic E-state index is 0. The zero-order valence-corrected chi connectivity index (χ0v) is 25.2. The smallest absolute Gasteiger partial charge is 0.347 e. The second kappa shape index (κ2) is 12.6. The summed E-state index contributed by atoms with van der Waals surface area (Å²) in [5.41, 5.74) is -0.493. The largest absolute Gasteiger partial charge is 0.490 e. The Morgan fingerprint density at radius 3 is 2.45 bits per heavy atom. The zero-order chi connectivity index (χ0) is 28.5. The summed E-state index contributed by atoms with van der Waals surface area (Å²) < 4.78 is 17.8. The number of nitrogens with zero attached hydrogens (tertiary/aromatic N) is 2. The maximum Gasteiger partial charge on any atom is 0.347 e. The Kier molecular flexibility index (Phi) is 10.1. The summed E-state index contributed by atoms with van der Waals surface area (Å²) in [6, 6.07) is 8.50. The number of carbonyl (C=O) groups excluding carboxylic acids is 1. The van der Waals surface area contributed by atoms with E-state index >= 15 is 0 Å². The third kappa shape index (κ3) is 7.25. The first-order valence-electron chi connectivity index (χ1n) is 12.8. The van der Waals surface area contributed by atoms with Crippen LogP contribution in [0.25, 0.3) is 0 Å². The third-order valence-corrected chi connectivity index (χ3v) is 7.61. The van der Waals surface area contributed by atoms with Gasteiger partial charge in [-0.3, -0.25) is 4.79 Å². The van der Waals surface area contributed by atoms with Crippen molar-refractivity contribution in [2.75, 3.05) is 40.3 Å². The van der Waals surface area contributed by atoms with Gasteiger partial charge in [0.05, 0.1) is 10.6 Å². The van der Waals surface area contributed by atoms with Crippen molar-refractivity contribution in [2.24, 2.45) is 0 Å². The Bertz CT molecular complexity index is 1250. The lowest BCUT2D eigenvalue weighted by Gasteiger charge is -2.39. The lowest BCUT2D eigenvalue weighted by molar-refractivity contribution is -0.152. The number of benzene rings is 2. The molecule has 2 heterocycles. The van der Waals surface area contributed by atoms with Gasteiger partial charge in [0.15, 0.2) is 5.60 Å². The number of ether oxygens (including phenoxy) is 3. The van der Waals surface area contributed by atoms with Crippen LogP contribution in [-0.4, -0.2) is 89.5 Å². The first-order chi connectivity index (χ1) is 18.3. The van der Waals surface area contributed by atoms with Crippen LogP contribution in [0.2, 0.25) is 10.0 Å². The summed E-state index contributed by atoms with van der Waals surface area (Å²) in [6.07, 6.45) is 1.64. The molecule has 1 fully saturated rings. The Morgan fingerprint density at radius 2 is 1.82 bits per heavy atom. The molecule has 0 saturated carbocycles. The summed E-state index contributed by atoms with van der Waals surface area (Å²) in [4.78, 5) is 27.8. The van der Waals surface area contributed by atoms with Gasteiger partial charge in [0.2, 0.25) is 0 Å². The Labute approximate surface area is 250 Å². The van der Waals surface area contributed by atoms with Gasteiger partial charge in [0.25, 0.3) is 5.91 Å². The number of hydrogen-bond donors (Lipinski definition) is 2. The number of rotatable bonds is 9. The Hall–Kier alpha value is -2.43. The average molecular weight is 618 g/mol. The van der Waals surface area contributed by atoms with E-state index in [1.165, 1.54) is 30.9 Å². The van der Waals surface area contributed by atoms with Crippen molar-refractivity contribution in [2.45, 2.75) is 50.4 Å². The topological polar surface area (TPSA) is 109 Å². The molecule has 40 heavy (non-hydrogen) atoms. The first kappa shape index (κ1) is 32.1. The van der Waals surface area contributed by atoms with Crippen molar-refractivity contribution in [1.82, 2.24) is 9.80 Å². The fourth-order valence-corrected chi connectivity index (χ4v) is 5.22. The molecule has 12 heteroatoms. The SMILES string of the molecule is CN(C)C(=O)c1cc(Cl)c(OC(C)(C)C(=O)O)cc1OC[C@H](O)CN1CCC2(CC1)Cc1cc(Cl)ccc1O2.Cl. The van der Waals surface area contributed by atoms with Gasteiger partial charge in [-0.15, -0.1) is 12.4 Å². The number of aliphatic carboxylic acids is 1. The quantitative estimate of drug-likeness (QED) is 0.422. The molecule has 2 aliphatic rings. The molecule has 2 aromatic carbocycles. The number of aliphatic hydroxyl groups is 1. The van der Waals surface area contributed by atoms with E-state index in [2.05, 4.69) is 4.90 Å². The maximum atomic E-state index is 12.8. The van der Waals surface area contributed by atoms with Gasteiger partial charge in [0, 0.05) is 64.1 Å². The highest BCUT2D eigenvalue weighted by molar-refractivity contribution is 6.32. The van der Waals surface area contributed by atoms with Gasteiger partial charge in [-0.05, 0) is 43.7 Å². The summed E-state index contributed by atoms with van der Waals surface area (Å²) in [7, 11) is 3.19. The number of carboxylic acid groups (broad SMARTS) is 1. The van der Waals surface area contributed by atoms with Crippen molar-refractivity contribution in [3.63, 3.8) is 0 Å². The Morgan fingerprint density at radius 1 is 1.15 bits per heavy atom. The van der Waals surface area contributed by atoms with Crippen molar-refractivity contribution in [1.29, 1.82) is 0 Å². The van der Waals surface area contributed by atoms with Crippen molar-refractivity contribution < 1.29 is 34.0 Å². The number of carbonyl (C=O) groups is 2. The third-order valence-electron chi connectivity index (χ3n) is 7.08. The predicted octanol–water partition coefficient (Wildman–Crippen LogP) is 4.57. The van der Waals surface area contributed by atoms with Gasteiger partial charge in [-0.25, -0.2) is 4.79 Å². The molecule has 1 saturated heterocycles. The van der Waals surface area contributed by atoms with Gasteiger partial charge in [-0.1, -0.05) is 23.2 Å². The standard InChI is InChI=1S/C28H34Cl2N2O7.ClH/c1-27(2,26(35)36)38-24-13-23(20(12-21(24)30)25(34)31(3)4)37-16-19(33)15-32-9-7-28(8-10-32)14-17-11-18(29)5-6-22(17)39-28;/h5-6,11-13,19,33H,7-10,14-16H2,1-4H3,(H,35,36);1H/t19-;/m1./s1. The van der Waals surface area contributed by atoms with E-state index in [0.717, 1.165) is 43.7 Å². The number of hydrogen-bond acceptors (Lipinski definition) is 7. The van der Waals surface area contributed by atoms with Crippen LogP contribution in [0.4, 0.5) is 0 Å². The molecule has 0 bridgehead atoms. The van der Waals surface area contributed by atoms with E-state index in [0.29, 0.717) is 11.6 Å². The van der Waals surface area contributed by atoms with E-state index in [1.54, 1.807) is 14.1 Å². The zero-order valence-electron chi connectivity index (χ0n) is 22.9. The highest BCUT2D eigenvalue weighted by Crippen LogP contribution is 2.42. The number of carboxylic acids is 1. The molecule has 220 valence electrons. The fraction of sp³-hybridized carbons (Fsp3) is 0.500. The lowest BCUT2D eigenvalue weighted by Crippen LogP contribution is -2.49. The molecule has 4 rings (SSSR count). The molecule has 1 spiro atoms. The van der Waals surface area contributed by atoms with E-state index < -0.39 is 17.7 Å². The van der Waals surface area contributed by atoms with Crippen LogP contribution in [0.15, 0.2) is 30.3 Å². The molecule has 2 aromatic rings. The molecule has 0 unspecified atom stereocenters. The lowest BCUT2D eigenvalue weighted by atomic mass is 9.87. The van der Waals surface area contributed by atoms with E-state index in [4.69, 9.17) is 37.4 Å². The monoisotopic (exact) mass is 616 g/mol. The second-order valence-electron chi connectivity index (χ2n) is 10.9. The summed E-state index contributed by atoms with van der Waals surface area (Å²) in [6.45, 7) is 4.59. The predicted molar refractivity (Wildman–Crippen MR) is 155 cm³/mol.